The van der Waals surface area contributed by atoms with Gasteiger partial charge in [-0.1, -0.05) is 43.3 Å². The first kappa shape index (κ1) is 20.2. The number of rotatable bonds is 6. The molecule has 32 heavy (non-hydrogen) atoms. The van der Waals surface area contributed by atoms with E-state index in [1.807, 2.05) is 30.2 Å². The molecular formula is C25H26N6O. The highest BCUT2D eigenvalue weighted by molar-refractivity contribution is 5.75. The van der Waals surface area contributed by atoms with Gasteiger partial charge in [0.2, 0.25) is 5.91 Å². The molecular weight excluding hydrogens is 400 g/mol. The van der Waals surface area contributed by atoms with Crippen molar-refractivity contribution in [2.24, 2.45) is 0 Å². The van der Waals surface area contributed by atoms with E-state index in [0.29, 0.717) is 12.5 Å². The van der Waals surface area contributed by atoms with Crippen molar-refractivity contribution in [3.63, 3.8) is 0 Å². The van der Waals surface area contributed by atoms with Crippen molar-refractivity contribution in [3.8, 4) is 28.2 Å². The number of carbonyl (C=O) groups is 1. The zero-order chi connectivity index (χ0) is 21.9. The Balaban J connectivity index is 1.31. The molecule has 0 saturated heterocycles. The van der Waals surface area contributed by atoms with Gasteiger partial charge in [-0.05, 0) is 48.6 Å². The highest BCUT2D eigenvalue weighted by atomic mass is 16.1. The number of aromatic nitrogens is 5. The molecule has 4 aromatic rings. The summed E-state index contributed by atoms with van der Waals surface area (Å²) in [5.41, 5.74) is 4.38. The van der Waals surface area contributed by atoms with Crippen molar-refractivity contribution in [2.45, 2.75) is 44.7 Å². The third-order valence-electron chi connectivity index (χ3n) is 6.17. The van der Waals surface area contributed by atoms with E-state index in [1.165, 1.54) is 0 Å². The van der Waals surface area contributed by atoms with E-state index in [4.69, 9.17) is 0 Å². The van der Waals surface area contributed by atoms with Crippen LogP contribution in [0.25, 0.3) is 28.2 Å². The van der Waals surface area contributed by atoms with Crippen LogP contribution in [-0.4, -0.2) is 36.5 Å². The summed E-state index contributed by atoms with van der Waals surface area (Å²) in [7, 11) is 0. The van der Waals surface area contributed by atoms with Crippen LogP contribution < -0.4 is 5.32 Å². The highest BCUT2D eigenvalue weighted by Crippen LogP contribution is 2.33. The number of amides is 1. The average molecular weight is 427 g/mol. The van der Waals surface area contributed by atoms with Crippen LogP contribution in [0.2, 0.25) is 0 Å². The topological polar surface area (TPSA) is 77.6 Å². The largest absolute Gasteiger partial charge is 0.353 e. The van der Waals surface area contributed by atoms with Crippen LogP contribution in [0.1, 0.15) is 38.6 Å². The quantitative estimate of drug-likeness (QED) is 0.495. The van der Waals surface area contributed by atoms with Gasteiger partial charge in [0, 0.05) is 36.5 Å². The zero-order valence-electron chi connectivity index (χ0n) is 18.1. The maximum Gasteiger partial charge on any atom is 0.219 e. The third kappa shape index (κ3) is 4.06. The van der Waals surface area contributed by atoms with Gasteiger partial charge in [0.25, 0.3) is 0 Å². The predicted octanol–water partition coefficient (Wildman–Crippen LogP) is 4.42. The summed E-state index contributed by atoms with van der Waals surface area (Å²) in [6.07, 6.45) is 8.96. The number of nitrogens with zero attached hydrogens (tertiary/aromatic N) is 5. The minimum atomic E-state index is 0.118. The summed E-state index contributed by atoms with van der Waals surface area (Å²) < 4.78 is 4.01. The smallest absolute Gasteiger partial charge is 0.219 e. The lowest BCUT2D eigenvalue weighted by Crippen LogP contribution is -2.32. The van der Waals surface area contributed by atoms with Gasteiger partial charge in [-0.3, -0.25) is 4.79 Å². The fraction of sp³-hybridized carbons (Fsp3) is 0.280. The van der Waals surface area contributed by atoms with Gasteiger partial charge in [0.05, 0.1) is 5.69 Å². The summed E-state index contributed by atoms with van der Waals surface area (Å²) in [5.74, 6) is 0.992. The van der Waals surface area contributed by atoms with E-state index in [2.05, 4.69) is 73.7 Å². The number of hydrogen-bond donors (Lipinski definition) is 1. The van der Waals surface area contributed by atoms with Crippen molar-refractivity contribution < 1.29 is 4.79 Å². The molecule has 7 nitrogen and oxygen atoms in total. The summed E-state index contributed by atoms with van der Waals surface area (Å²) in [6.45, 7) is 1.89. The molecule has 1 saturated carbocycles. The molecule has 162 valence electrons. The van der Waals surface area contributed by atoms with Crippen LogP contribution in [0.5, 0.6) is 0 Å². The Morgan fingerprint density at radius 1 is 1.03 bits per heavy atom. The molecule has 2 heterocycles. The molecule has 1 fully saturated rings. The number of carbonyl (C=O) groups excluding carboxylic acids is 1. The van der Waals surface area contributed by atoms with E-state index >= 15 is 0 Å². The maximum absolute atomic E-state index is 11.7. The predicted molar refractivity (Wildman–Crippen MR) is 123 cm³/mol. The summed E-state index contributed by atoms with van der Waals surface area (Å²) >= 11 is 0. The number of benzene rings is 2. The van der Waals surface area contributed by atoms with Crippen LogP contribution >= 0.6 is 0 Å². The molecule has 2 aromatic carbocycles. The van der Waals surface area contributed by atoms with Crippen LogP contribution in [-0.2, 0) is 4.79 Å². The van der Waals surface area contributed by atoms with Gasteiger partial charge < -0.3 is 9.88 Å². The monoisotopic (exact) mass is 426 g/mol. The SMILES string of the molecule is CCC(=O)NC1CCC(n2cnnc2-c2ccc(-c3ccc(-n4cccn4)cc3)cc2)C1. The first-order chi connectivity index (χ1) is 15.7. The zero-order valence-corrected chi connectivity index (χ0v) is 18.1. The van der Waals surface area contributed by atoms with E-state index in [9.17, 15) is 4.79 Å². The second kappa shape index (κ2) is 8.78. The van der Waals surface area contributed by atoms with Gasteiger partial charge in [0.15, 0.2) is 5.82 Å². The average Bonchev–Trinajstić information content (AvgIpc) is 3.61. The van der Waals surface area contributed by atoms with Crippen molar-refractivity contribution in [1.29, 1.82) is 0 Å². The molecule has 1 aliphatic rings. The molecule has 7 heteroatoms. The lowest BCUT2D eigenvalue weighted by Gasteiger charge is -2.16. The normalized spacial score (nSPS) is 18.0. The standard InChI is InChI=1S/C25H26N6O/c1-2-24(32)28-21-10-13-23(16-21)30-17-26-29-25(30)20-6-4-18(5-7-20)19-8-11-22(12-9-19)31-15-3-14-27-31/h3-9,11-12,14-15,17,21,23H,2,10,13,16H2,1H3,(H,28,32). The first-order valence-electron chi connectivity index (χ1n) is 11.1. The lowest BCUT2D eigenvalue weighted by atomic mass is 10.0. The fourth-order valence-electron chi connectivity index (χ4n) is 4.43. The van der Waals surface area contributed by atoms with Crippen molar-refractivity contribution in [3.05, 3.63) is 73.3 Å². The molecule has 1 N–H and O–H groups in total. The van der Waals surface area contributed by atoms with Gasteiger partial charge >= 0.3 is 0 Å². The minimum Gasteiger partial charge on any atom is -0.353 e. The van der Waals surface area contributed by atoms with Gasteiger partial charge in [-0.25, -0.2) is 4.68 Å². The highest BCUT2D eigenvalue weighted by Gasteiger charge is 2.28. The van der Waals surface area contributed by atoms with Crippen LogP contribution in [0.4, 0.5) is 0 Å². The van der Waals surface area contributed by atoms with Gasteiger partial charge in [-0.2, -0.15) is 5.10 Å². The molecule has 0 aliphatic heterocycles. The minimum absolute atomic E-state index is 0.118. The molecule has 0 radical (unpaired) electrons. The van der Waals surface area contributed by atoms with Crippen molar-refractivity contribution >= 4 is 5.91 Å². The lowest BCUT2D eigenvalue weighted by molar-refractivity contribution is -0.121. The maximum atomic E-state index is 11.7. The van der Waals surface area contributed by atoms with Crippen molar-refractivity contribution in [1.82, 2.24) is 29.9 Å². The second-order valence-corrected chi connectivity index (χ2v) is 8.22. The molecule has 2 atom stereocenters. The number of hydrogen-bond acceptors (Lipinski definition) is 4. The van der Waals surface area contributed by atoms with E-state index < -0.39 is 0 Å². The molecule has 1 aliphatic carbocycles. The molecule has 0 spiro atoms. The third-order valence-corrected chi connectivity index (χ3v) is 6.17. The van der Waals surface area contributed by atoms with Crippen LogP contribution in [0.3, 0.4) is 0 Å². The Labute approximate surface area is 187 Å². The number of nitrogens with one attached hydrogen (secondary N) is 1. The van der Waals surface area contributed by atoms with E-state index in [1.54, 1.807) is 6.20 Å². The molecule has 2 unspecified atom stereocenters. The fourth-order valence-corrected chi connectivity index (χ4v) is 4.43. The molecule has 0 bridgehead atoms. The second-order valence-electron chi connectivity index (χ2n) is 8.22. The Morgan fingerprint density at radius 2 is 1.75 bits per heavy atom. The summed E-state index contributed by atoms with van der Waals surface area (Å²) in [5, 5.41) is 16.0. The van der Waals surface area contributed by atoms with Crippen LogP contribution in [0, 0.1) is 0 Å². The Kier molecular flexibility index (Phi) is 5.54. The van der Waals surface area contributed by atoms with Crippen LogP contribution in [0.15, 0.2) is 73.3 Å². The molecule has 1 amide bonds. The molecule has 2 aromatic heterocycles. The van der Waals surface area contributed by atoms with E-state index in [0.717, 1.165) is 47.5 Å². The first-order valence-corrected chi connectivity index (χ1v) is 11.1. The molecule has 5 rings (SSSR count). The Hall–Kier alpha value is -3.74. The Morgan fingerprint density at radius 3 is 2.44 bits per heavy atom. The van der Waals surface area contributed by atoms with Gasteiger partial charge in [-0.15, -0.1) is 10.2 Å². The summed E-state index contributed by atoms with van der Waals surface area (Å²) in [6, 6.07) is 19.2. The van der Waals surface area contributed by atoms with Crippen molar-refractivity contribution in [2.75, 3.05) is 0 Å². The summed E-state index contributed by atoms with van der Waals surface area (Å²) in [4.78, 5) is 11.7. The Bertz CT molecular complexity index is 1180. The van der Waals surface area contributed by atoms with Gasteiger partial charge in [0.1, 0.15) is 6.33 Å². The van der Waals surface area contributed by atoms with E-state index in [-0.39, 0.29) is 11.9 Å².